The summed E-state index contributed by atoms with van der Waals surface area (Å²) in [6.07, 6.45) is 2.64. The predicted octanol–water partition coefficient (Wildman–Crippen LogP) is 2.46. The van der Waals surface area contributed by atoms with Crippen LogP contribution >= 0.6 is 23.2 Å². The molecule has 0 bridgehead atoms. The number of β-amino-alcohol motifs (C(OH)–C–C–N with tert-alkyl or cyclic N) is 1. The van der Waals surface area contributed by atoms with Gasteiger partial charge in [0.2, 0.25) is 0 Å². The number of nitrogens with zero attached hydrogens (tertiary/aromatic N) is 1. The molecular formula is C16H24Cl2N2O2. The van der Waals surface area contributed by atoms with E-state index in [1.54, 1.807) is 18.2 Å². The SMILES string of the molecule is O[C@@H](CNC[C@H](O)c1ccc(Cl)c(Cl)c1)CN1CCCCC1. The fourth-order valence-corrected chi connectivity index (χ4v) is 3.04. The van der Waals surface area contributed by atoms with Gasteiger partial charge in [0.05, 0.1) is 22.3 Å². The van der Waals surface area contributed by atoms with Crippen LogP contribution in [0.15, 0.2) is 18.2 Å². The van der Waals surface area contributed by atoms with Gasteiger partial charge in [0, 0.05) is 19.6 Å². The van der Waals surface area contributed by atoms with E-state index in [0.717, 1.165) is 13.1 Å². The van der Waals surface area contributed by atoms with Crippen LogP contribution in [0.2, 0.25) is 10.0 Å². The van der Waals surface area contributed by atoms with Crippen LogP contribution in [0.5, 0.6) is 0 Å². The number of aliphatic hydroxyl groups is 2. The summed E-state index contributed by atoms with van der Waals surface area (Å²) in [5.41, 5.74) is 0.715. The minimum Gasteiger partial charge on any atom is -0.390 e. The molecule has 2 rings (SSSR count). The summed E-state index contributed by atoms with van der Waals surface area (Å²) in [5.74, 6) is 0. The number of likely N-dealkylation sites (tertiary alicyclic amines) is 1. The number of halogens is 2. The van der Waals surface area contributed by atoms with Gasteiger partial charge in [0.15, 0.2) is 0 Å². The number of piperidine rings is 1. The van der Waals surface area contributed by atoms with Crippen LogP contribution in [0.25, 0.3) is 0 Å². The maximum Gasteiger partial charge on any atom is 0.0914 e. The molecule has 124 valence electrons. The summed E-state index contributed by atoms with van der Waals surface area (Å²) in [6, 6.07) is 5.10. The molecule has 6 heteroatoms. The summed E-state index contributed by atoms with van der Waals surface area (Å²) >= 11 is 11.8. The van der Waals surface area contributed by atoms with Crippen molar-refractivity contribution in [3.63, 3.8) is 0 Å². The van der Waals surface area contributed by atoms with Crippen molar-refractivity contribution in [3.05, 3.63) is 33.8 Å². The maximum atomic E-state index is 10.1. The Bertz CT molecular complexity index is 467. The molecule has 0 unspecified atom stereocenters. The zero-order chi connectivity index (χ0) is 15.9. The Kier molecular flexibility index (Phi) is 7.41. The lowest BCUT2D eigenvalue weighted by molar-refractivity contribution is 0.0950. The highest BCUT2D eigenvalue weighted by atomic mass is 35.5. The molecule has 0 amide bonds. The number of nitrogens with one attached hydrogen (secondary N) is 1. The first-order valence-electron chi connectivity index (χ1n) is 7.80. The molecule has 0 saturated carbocycles. The number of hydrogen-bond donors (Lipinski definition) is 3. The topological polar surface area (TPSA) is 55.7 Å². The molecule has 1 aromatic carbocycles. The number of benzene rings is 1. The van der Waals surface area contributed by atoms with Gasteiger partial charge < -0.3 is 20.4 Å². The molecular weight excluding hydrogens is 323 g/mol. The molecule has 4 nitrogen and oxygen atoms in total. The van der Waals surface area contributed by atoms with E-state index in [1.807, 2.05) is 0 Å². The van der Waals surface area contributed by atoms with E-state index in [1.165, 1.54) is 19.3 Å². The number of rotatable bonds is 7. The lowest BCUT2D eigenvalue weighted by Crippen LogP contribution is -2.41. The zero-order valence-corrected chi connectivity index (χ0v) is 14.2. The average Bonchev–Trinajstić information content (AvgIpc) is 2.51. The molecule has 2 atom stereocenters. The van der Waals surface area contributed by atoms with Crippen LogP contribution in [-0.2, 0) is 0 Å². The van der Waals surface area contributed by atoms with Crippen molar-refractivity contribution >= 4 is 23.2 Å². The zero-order valence-electron chi connectivity index (χ0n) is 12.6. The van der Waals surface area contributed by atoms with Gasteiger partial charge in [0.1, 0.15) is 0 Å². The normalized spacial score (nSPS) is 19.1. The lowest BCUT2D eigenvalue weighted by Gasteiger charge is -2.28. The van der Waals surface area contributed by atoms with Crippen LogP contribution < -0.4 is 5.32 Å². The Morgan fingerprint density at radius 2 is 1.77 bits per heavy atom. The van der Waals surface area contributed by atoms with Gasteiger partial charge in [-0.25, -0.2) is 0 Å². The number of aliphatic hydroxyl groups excluding tert-OH is 2. The van der Waals surface area contributed by atoms with Gasteiger partial charge in [-0.05, 0) is 43.6 Å². The van der Waals surface area contributed by atoms with E-state index in [2.05, 4.69) is 10.2 Å². The highest BCUT2D eigenvalue weighted by Crippen LogP contribution is 2.25. The molecule has 0 aromatic heterocycles. The third-order valence-corrected chi connectivity index (χ3v) is 4.70. The van der Waals surface area contributed by atoms with Crippen LogP contribution in [-0.4, -0.2) is 53.9 Å². The predicted molar refractivity (Wildman–Crippen MR) is 90.6 cm³/mol. The van der Waals surface area contributed by atoms with Crippen LogP contribution in [0.4, 0.5) is 0 Å². The van der Waals surface area contributed by atoms with E-state index in [9.17, 15) is 10.2 Å². The van der Waals surface area contributed by atoms with Gasteiger partial charge in [-0.2, -0.15) is 0 Å². The van der Waals surface area contributed by atoms with Crippen LogP contribution in [0.3, 0.4) is 0 Å². The van der Waals surface area contributed by atoms with Gasteiger partial charge in [0.25, 0.3) is 0 Å². The summed E-state index contributed by atoms with van der Waals surface area (Å²) in [6.45, 7) is 3.67. The third-order valence-electron chi connectivity index (χ3n) is 3.96. The lowest BCUT2D eigenvalue weighted by atomic mass is 10.1. The van der Waals surface area contributed by atoms with Gasteiger partial charge in [-0.1, -0.05) is 35.7 Å². The van der Waals surface area contributed by atoms with E-state index < -0.39 is 12.2 Å². The highest BCUT2D eigenvalue weighted by Gasteiger charge is 2.15. The van der Waals surface area contributed by atoms with E-state index in [0.29, 0.717) is 35.2 Å². The Balaban J connectivity index is 1.69. The first kappa shape index (κ1) is 18.0. The quantitative estimate of drug-likeness (QED) is 0.709. The van der Waals surface area contributed by atoms with Crippen molar-refractivity contribution in [1.82, 2.24) is 10.2 Å². The molecule has 1 aliphatic heterocycles. The Hall–Kier alpha value is -0.360. The Morgan fingerprint density at radius 1 is 1.05 bits per heavy atom. The average molecular weight is 347 g/mol. The van der Waals surface area contributed by atoms with E-state index in [-0.39, 0.29) is 0 Å². The minimum absolute atomic E-state index is 0.370. The molecule has 1 saturated heterocycles. The molecule has 0 aliphatic carbocycles. The molecule has 1 aliphatic rings. The van der Waals surface area contributed by atoms with Gasteiger partial charge in [-0.3, -0.25) is 0 Å². The molecule has 1 heterocycles. The van der Waals surface area contributed by atoms with Crippen LogP contribution in [0.1, 0.15) is 30.9 Å². The molecule has 1 fully saturated rings. The fourth-order valence-electron chi connectivity index (χ4n) is 2.73. The molecule has 1 aromatic rings. The third kappa shape index (κ3) is 5.69. The van der Waals surface area contributed by atoms with E-state index in [4.69, 9.17) is 23.2 Å². The summed E-state index contributed by atoms with van der Waals surface area (Å²) in [4.78, 5) is 2.30. The van der Waals surface area contributed by atoms with Crippen LogP contribution in [0, 0.1) is 0 Å². The summed E-state index contributed by atoms with van der Waals surface area (Å²) in [5, 5.41) is 24.2. The highest BCUT2D eigenvalue weighted by molar-refractivity contribution is 6.42. The van der Waals surface area contributed by atoms with E-state index >= 15 is 0 Å². The monoisotopic (exact) mass is 346 g/mol. The van der Waals surface area contributed by atoms with Crippen molar-refractivity contribution in [3.8, 4) is 0 Å². The molecule has 3 N–H and O–H groups in total. The Morgan fingerprint density at radius 3 is 2.45 bits per heavy atom. The molecule has 0 radical (unpaired) electrons. The molecule has 0 spiro atoms. The smallest absolute Gasteiger partial charge is 0.0914 e. The second-order valence-corrected chi connectivity index (χ2v) is 6.68. The Labute approximate surface area is 142 Å². The van der Waals surface area contributed by atoms with Crippen molar-refractivity contribution in [2.45, 2.75) is 31.5 Å². The maximum absolute atomic E-state index is 10.1. The van der Waals surface area contributed by atoms with Crippen molar-refractivity contribution in [2.24, 2.45) is 0 Å². The molecule has 22 heavy (non-hydrogen) atoms. The first-order chi connectivity index (χ1) is 10.6. The second-order valence-electron chi connectivity index (χ2n) is 5.86. The minimum atomic E-state index is -0.669. The largest absolute Gasteiger partial charge is 0.390 e. The first-order valence-corrected chi connectivity index (χ1v) is 8.56. The summed E-state index contributed by atoms with van der Waals surface area (Å²) in [7, 11) is 0. The standard InChI is InChI=1S/C16H24Cl2N2O2/c17-14-5-4-12(8-15(14)18)16(22)10-19-9-13(21)11-20-6-2-1-3-7-20/h4-5,8,13,16,19,21-22H,1-3,6-7,9-11H2/t13-,16-/m0/s1. The number of hydrogen-bond acceptors (Lipinski definition) is 4. The van der Waals surface area contributed by atoms with Crippen molar-refractivity contribution < 1.29 is 10.2 Å². The van der Waals surface area contributed by atoms with Crippen molar-refractivity contribution in [1.29, 1.82) is 0 Å². The second kappa shape index (κ2) is 9.06. The van der Waals surface area contributed by atoms with Gasteiger partial charge in [-0.15, -0.1) is 0 Å². The fraction of sp³-hybridized carbons (Fsp3) is 0.625. The van der Waals surface area contributed by atoms with Gasteiger partial charge >= 0.3 is 0 Å². The van der Waals surface area contributed by atoms with Crippen molar-refractivity contribution in [2.75, 3.05) is 32.7 Å². The summed E-state index contributed by atoms with van der Waals surface area (Å²) < 4.78 is 0.